The summed E-state index contributed by atoms with van der Waals surface area (Å²) in [4.78, 5) is 20.0. The highest BCUT2D eigenvalue weighted by Crippen LogP contribution is 2.37. The molecule has 0 bridgehead atoms. The first-order valence-corrected chi connectivity index (χ1v) is 7.98. The van der Waals surface area contributed by atoms with Crippen LogP contribution in [0.2, 0.25) is 0 Å². The number of rotatable bonds is 3. The molecule has 0 atom stereocenters. The number of nitrogens with one attached hydrogen (secondary N) is 2. The lowest BCUT2D eigenvalue weighted by Gasteiger charge is -2.26. The van der Waals surface area contributed by atoms with Gasteiger partial charge in [0.25, 0.3) is 5.91 Å². The molecule has 1 fully saturated rings. The normalized spacial score (nSPS) is 16.6. The molecule has 1 amide bonds. The number of hydrogen-bond donors (Lipinski definition) is 2. The highest BCUT2D eigenvalue weighted by Gasteiger charge is 2.41. The topological polar surface area (TPSA) is 83.8 Å². The Hall–Kier alpha value is -2.70. The van der Waals surface area contributed by atoms with Crippen LogP contribution >= 0.6 is 0 Å². The van der Waals surface area contributed by atoms with Crippen molar-refractivity contribution in [1.82, 2.24) is 20.4 Å². The second kappa shape index (κ2) is 5.43. The molecule has 2 heterocycles. The summed E-state index contributed by atoms with van der Waals surface area (Å²) in [7, 11) is 0. The zero-order valence-corrected chi connectivity index (χ0v) is 13.2. The van der Waals surface area contributed by atoms with Gasteiger partial charge in [0.1, 0.15) is 17.1 Å². The first-order valence-electron chi connectivity index (χ1n) is 7.98. The van der Waals surface area contributed by atoms with E-state index in [1.807, 2.05) is 0 Å². The molecular weight excluding hydrogens is 311 g/mol. The van der Waals surface area contributed by atoms with E-state index in [2.05, 4.69) is 20.4 Å². The van der Waals surface area contributed by atoms with Crippen LogP contribution in [0.3, 0.4) is 0 Å². The molecule has 1 aliphatic rings. The molecule has 1 aliphatic carbocycles. The summed E-state index contributed by atoms with van der Waals surface area (Å²) in [6.45, 7) is 1.72. The number of carbonyl (C=O) groups excluding carboxylic acids is 1. The number of halogens is 1. The Morgan fingerprint density at radius 2 is 2.17 bits per heavy atom. The van der Waals surface area contributed by atoms with E-state index in [4.69, 9.17) is 4.52 Å². The van der Waals surface area contributed by atoms with Crippen LogP contribution in [0, 0.1) is 12.7 Å². The van der Waals surface area contributed by atoms with E-state index < -0.39 is 5.54 Å². The second-order valence-corrected chi connectivity index (χ2v) is 6.26. The van der Waals surface area contributed by atoms with E-state index >= 15 is 0 Å². The lowest BCUT2D eigenvalue weighted by molar-refractivity contribution is 0.0887. The highest BCUT2D eigenvalue weighted by atomic mass is 19.1. The van der Waals surface area contributed by atoms with Gasteiger partial charge >= 0.3 is 0 Å². The summed E-state index contributed by atoms with van der Waals surface area (Å²) in [6, 6.07) is 6.25. The number of fused-ring (bicyclic) bond motifs is 1. The lowest BCUT2D eigenvalue weighted by Crippen LogP contribution is -2.44. The van der Waals surface area contributed by atoms with Crippen molar-refractivity contribution in [2.45, 2.75) is 38.1 Å². The van der Waals surface area contributed by atoms with Crippen LogP contribution in [0.1, 0.15) is 47.9 Å². The monoisotopic (exact) mass is 328 g/mol. The first-order chi connectivity index (χ1) is 11.6. The minimum Gasteiger partial charge on any atom is -0.350 e. The quantitative estimate of drug-likeness (QED) is 0.773. The zero-order valence-electron chi connectivity index (χ0n) is 13.2. The fraction of sp³-hybridized carbons (Fsp3) is 0.353. The van der Waals surface area contributed by atoms with Crippen LogP contribution in [0.5, 0.6) is 0 Å². The van der Waals surface area contributed by atoms with E-state index in [-0.39, 0.29) is 11.7 Å². The third kappa shape index (κ3) is 2.36. The third-order valence-electron chi connectivity index (χ3n) is 4.62. The Morgan fingerprint density at radius 1 is 1.38 bits per heavy atom. The number of benzene rings is 1. The van der Waals surface area contributed by atoms with Crippen LogP contribution in [0.25, 0.3) is 10.9 Å². The van der Waals surface area contributed by atoms with Crippen molar-refractivity contribution in [3.63, 3.8) is 0 Å². The Morgan fingerprint density at radius 3 is 2.83 bits per heavy atom. The summed E-state index contributed by atoms with van der Waals surface area (Å²) >= 11 is 0. The number of aryl methyl sites for hydroxylation is 1. The number of aromatic nitrogens is 3. The summed E-state index contributed by atoms with van der Waals surface area (Å²) in [5.74, 6) is 0.327. The van der Waals surface area contributed by atoms with Crippen molar-refractivity contribution in [1.29, 1.82) is 0 Å². The van der Waals surface area contributed by atoms with Gasteiger partial charge in [-0.15, -0.1) is 0 Å². The summed E-state index contributed by atoms with van der Waals surface area (Å²) < 4.78 is 18.9. The Labute approximate surface area is 137 Å². The number of hydrogen-bond acceptors (Lipinski definition) is 4. The predicted octanol–water partition coefficient (Wildman–Crippen LogP) is 3.20. The van der Waals surface area contributed by atoms with Crippen molar-refractivity contribution >= 4 is 16.8 Å². The van der Waals surface area contributed by atoms with Gasteiger partial charge in [0.15, 0.2) is 5.82 Å². The van der Waals surface area contributed by atoms with E-state index in [9.17, 15) is 9.18 Å². The summed E-state index contributed by atoms with van der Waals surface area (Å²) in [5.41, 5.74) is 0.294. The molecule has 24 heavy (non-hydrogen) atoms. The molecule has 0 aliphatic heterocycles. The van der Waals surface area contributed by atoms with E-state index in [0.29, 0.717) is 28.3 Å². The molecular formula is C17H17FN4O2. The fourth-order valence-electron chi connectivity index (χ4n) is 3.40. The molecule has 0 radical (unpaired) electrons. The number of aromatic amines is 1. The van der Waals surface area contributed by atoms with Crippen molar-refractivity contribution in [2.75, 3.05) is 0 Å². The van der Waals surface area contributed by atoms with Crippen LogP contribution in [0.15, 0.2) is 28.8 Å². The molecule has 0 unspecified atom stereocenters. The smallest absolute Gasteiger partial charge is 0.268 e. The van der Waals surface area contributed by atoms with Crippen molar-refractivity contribution < 1.29 is 13.7 Å². The van der Waals surface area contributed by atoms with E-state index in [0.717, 1.165) is 25.7 Å². The van der Waals surface area contributed by atoms with Crippen LogP contribution in [0.4, 0.5) is 4.39 Å². The van der Waals surface area contributed by atoms with Gasteiger partial charge in [0.2, 0.25) is 5.89 Å². The summed E-state index contributed by atoms with van der Waals surface area (Å²) in [6.07, 6.45) is 3.48. The molecule has 3 aromatic rings. The average Bonchev–Trinajstić information content (AvgIpc) is 3.26. The summed E-state index contributed by atoms with van der Waals surface area (Å²) in [5, 5.41) is 7.45. The van der Waals surface area contributed by atoms with E-state index in [1.165, 1.54) is 12.1 Å². The van der Waals surface area contributed by atoms with Crippen LogP contribution < -0.4 is 5.32 Å². The predicted molar refractivity (Wildman–Crippen MR) is 84.9 cm³/mol. The number of amides is 1. The van der Waals surface area contributed by atoms with Gasteiger partial charge in [-0.2, -0.15) is 4.98 Å². The molecule has 6 nitrogen and oxygen atoms in total. The van der Waals surface area contributed by atoms with Crippen LogP contribution in [-0.4, -0.2) is 21.0 Å². The molecule has 7 heteroatoms. The molecule has 0 spiro atoms. The number of carbonyl (C=O) groups is 1. The maximum Gasteiger partial charge on any atom is 0.268 e. The molecule has 124 valence electrons. The van der Waals surface area contributed by atoms with Crippen LogP contribution in [-0.2, 0) is 5.54 Å². The van der Waals surface area contributed by atoms with Gasteiger partial charge in [-0.1, -0.05) is 24.1 Å². The molecule has 0 saturated heterocycles. The zero-order chi connectivity index (χ0) is 16.7. The van der Waals surface area contributed by atoms with E-state index in [1.54, 1.807) is 19.1 Å². The molecule has 2 aromatic heterocycles. The molecule has 1 saturated carbocycles. The van der Waals surface area contributed by atoms with Gasteiger partial charge in [0, 0.05) is 17.8 Å². The van der Waals surface area contributed by atoms with Crippen molar-refractivity contribution in [3.8, 4) is 0 Å². The Balaban J connectivity index is 1.66. The minimum absolute atomic E-state index is 0.296. The van der Waals surface area contributed by atoms with Crippen molar-refractivity contribution in [3.05, 3.63) is 47.5 Å². The Bertz CT molecular complexity index is 908. The van der Waals surface area contributed by atoms with Gasteiger partial charge in [-0.25, -0.2) is 4.39 Å². The largest absolute Gasteiger partial charge is 0.350 e. The van der Waals surface area contributed by atoms with Gasteiger partial charge in [-0.05, 0) is 31.0 Å². The third-order valence-corrected chi connectivity index (χ3v) is 4.62. The number of nitrogens with zero attached hydrogens (tertiary/aromatic N) is 2. The Kier molecular flexibility index (Phi) is 3.37. The second-order valence-electron chi connectivity index (χ2n) is 6.26. The first kappa shape index (κ1) is 14.9. The van der Waals surface area contributed by atoms with Gasteiger partial charge < -0.3 is 14.8 Å². The van der Waals surface area contributed by atoms with Gasteiger partial charge in [0.05, 0.1) is 0 Å². The molecule has 4 rings (SSSR count). The average molecular weight is 328 g/mol. The maximum absolute atomic E-state index is 13.8. The molecule has 2 N–H and O–H groups in total. The lowest BCUT2D eigenvalue weighted by atomic mass is 9.96. The van der Waals surface area contributed by atoms with Crippen molar-refractivity contribution in [2.24, 2.45) is 0 Å². The maximum atomic E-state index is 13.8. The standard InChI is InChI=1S/C17H17FN4O2/c1-10-19-16(22-24-10)17(7-2-3-8-17)21-15(23)14-9-11-12(18)5-4-6-13(11)20-14/h4-6,9,20H,2-3,7-8H2,1H3,(H,21,23). The SMILES string of the molecule is Cc1nc(C2(NC(=O)c3cc4c(F)cccc4[nH]3)CCCC2)no1. The van der Waals surface area contributed by atoms with Gasteiger partial charge in [-0.3, -0.25) is 4.79 Å². The molecule has 1 aromatic carbocycles. The highest BCUT2D eigenvalue weighted by molar-refractivity contribution is 5.98. The minimum atomic E-state index is -0.620. The number of H-pyrrole nitrogens is 1. The fourth-order valence-corrected chi connectivity index (χ4v) is 3.40.